The summed E-state index contributed by atoms with van der Waals surface area (Å²) in [5.74, 6) is 1.16. The minimum Gasteiger partial charge on any atom is -0.507 e. The first-order valence-electron chi connectivity index (χ1n) is 7.19. The fraction of sp³-hybridized carbons (Fsp3) is 0.333. The number of halogens is 2. The van der Waals surface area contributed by atoms with Crippen LogP contribution in [0.15, 0.2) is 45.3 Å². The van der Waals surface area contributed by atoms with Gasteiger partial charge in [0, 0.05) is 16.5 Å². The molecule has 1 unspecified atom stereocenters. The molecule has 0 saturated heterocycles. The summed E-state index contributed by atoms with van der Waals surface area (Å²) in [5.41, 5.74) is 1.84. The van der Waals surface area contributed by atoms with Crippen molar-refractivity contribution in [1.29, 1.82) is 0 Å². The molecule has 22 heavy (non-hydrogen) atoms. The molecule has 2 nitrogen and oxygen atoms in total. The maximum absolute atomic E-state index is 9.72. The van der Waals surface area contributed by atoms with Gasteiger partial charge in [-0.25, -0.2) is 0 Å². The van der Waals surface area contributed by atoms with Crippen LogP contribution in [0.4, 0.5) is 0 Å². The summed E-state index contributed by atoms with van der Waals surface area (Å²) in [4.78, 5) is 0. The summed E-state index contributed by atoms with van der Waals surface area (Å²) in [6, 6.07) is 11.7. The quantitative estimate of drug-likeness (QED) is 0.616. The van der Waals surface area contributed by atoms with Crippen molar-refractivity contribution in [2.75, 3.05) is 0 Å². The second-order valence-corrected chi connectivity index (χ2v) is 8.47. The van der Waals surface area contributed by atoms with Crippen LogP contribution in [0.25, 0.3) is 0 Å². The van der Waals surface area contributed by atoms with Gasteiger partial charge in [-0.3, -0.25) is 0 Å². The van der Waals surface area contributed by atoms with Gasteiger partial charge < -0.3 is 9.84 Å². The molecule has 1 N–H and O–H groups in total. The Labute approximate surface area is 147 Å². The molecular formula is C18H18Br2O2. The van der Waals surface area contributed by atoms with Gasteiger partial charge in [0.2, 0.25) is 0 Å². The fourth-order valence-electron chi connectivity index (χ4n) is 3.33. The number of aromatic hydroxyl groups is 1. The molecular weight excluding hydrogens is 408 g/mol. The van der Waals surface area contributed by atoms with Crippen LogP contribution in [0.1, 0.15) is 38.3 Å². The van der Waals surface area contributed by atoms with E-state index in [-0.39, 0.29) is 11.2 Å². The highest BCUT2D eigenvalue weighted by Gasteiger charge is 2.43. The van der Waals surface area contributed by atoms with Crippen LogP contribution in [0, 0.1) is 0 Å². The lowest BCUT2D eigenvalue weighted by molar-refractivity contribution is 0.0324. The average molecular weight is 426 g/mol. The lowest BCUT2D eigenvalue weighted by atomic mass is 9.71. The fourth-order valence-corrected chi connectivity index (χ4v) is 4.07. The van der Waals surface area contributed by atoms with Crippen molar-refractivity contribution in [2.45, 2.75) is 38.2 Å². The molecule has 0 amide bonds. The predicted molar refractivity (Wildman–Crippen MR) is 95.6 cm³/mol. The third-order valence-electron chi connectivity index (χ3n) is 4.34. The minimum atomic E-state index is -0.430. The number of phenolic OH excluding ortho intramolecular Hbond substituents is 1. The van der Waals surface area contributed by atoms with Gasteiger partial charge >= 0.3 is 0 Å². The van der Waals surface area contributed by atoms with E-state index in [0.717, 1.165) is 22.2 Å². The number of hydrogen-bond acceptors (Lipinski definition) is 2. The van der Waals surface area contributed by atoms with Crippen LogP contribution in [0.2, 0.25) is 0 Å². The van der Waals surface area contributed by atoms with E-state index in [9.17, 15) is 5.11 Å². The summed E-state index contributed by atoms with van der Waals surface area (Å²) in [5, 5.41) is 9.72. The summed E-state index contributed by atoms with van der Waals surface area (Å²) in [7, 11) is 0. The Kier molecular flexibility index (Phi) is 3.81. The summed E-state index contributed by atoms with van der Waals surface area (Å²) in [6.07, 6.45) is 0.862. The van der Waals surface area contributed by atoms with E-state index >= 15 is 0 Å². The number of ether oxygens (including phenoxy) is 1. The highest BCUT2D eigenvalue weighted by Crippen LogP contribution is 2.49. The highest BCUT2D eigenvalue weighted by atomic mass is 79.9. The zero-order valence-electron chi connectivity index (χ0n) is 12.8. The Morgan fingerprint density at radius 2 is 1.77 bits per heavy atom. The average Bonchev–Trinajstić information content (AvgIpc) is 2.42. The molecule has 116 valence electrons. The van der Waals surface area contributed by atoms with E-state index in [1.807, 2.05) is 24.3 Å². The second kappa shape index (κ2) is 5.27. The normalized spacial score (nSPS) is 22.8. The van der Waals surface area contributed by atoms with Gasteiger partial charge in [-0.1, -0.05) is 35.8 Å². The molecule has 0 saturated carbocycles. The van der Waals surface area contributed by atoms with E-state index in [2.05, 4.69) is 58.7 Å². The van der Waals surface area contributed by atoms with Crippen molar-refractivity contribution >= 4 is 31.9 Å². The molecule has 2 aromatic carbocycles. The first-order valence-corrected chi connectivity index (χ1v) is 8.78. The standard InChI is InChI=1S/C18H18Br2O2/c1-17(2)10-18(3,11-4-6-15(21)14(20)8-11)22-16-7-5-12(19)9-13(16)17/h4-9,21H,10H2,1-3H3. The monoisotopic (exact) mass is 424 g/mol. The van der Waals surface area contributed by atoms with Gasteiger partial charge in [0.15, 0.2) is 0 Å². The lowest BCUT2D eigenvalue weighted by Gasteiger charge is -2.44. The molecule has 0 aliphatic carbocycles. The number of fused-ring (bicyclic) bond motifs is 1. The summed E-state index contributed by atoms with van der Waals surface area (Å²) < 4.78 is 8.13. The summed E-state index contributed by atoms with van der Waals surface area (Å²) in [6.45, 7) is 6.60. The predicted octanol–water partition coefficient (Wildman–Crippen LogP) is 5.89. The zero-order valence-corrected chi connectivity index (χ0v) is 16.0. The third kappa shape index (κ3) is 2.67. The van der Waals surface area contributed by atoms with Crippen LogP contribution in [0.5, 0.6) is 11.5 Å². The lowest BCUT2D eigenvalue weighted by Crippen LogP contribution is -2.41. The van der Waals surface area contributed by atoms with Gasteiger partial charge in [-0.05, 0) is 64.2 Å². The van der Waals surface area contributed by atoms with Crippen molar-refractivity contribution < 1.29 is 9.84 Å². The smallest absolute Gasteiger partial charge is 0.132 e. The maximum atomic E-state index is 9.72. The van der Waals surface area contributed by atoms with E-state index in [4.69, 9.17) is 4.74 Å². The number of phenols is 1. The molecule has 1 atom stereocenters. The Balaban J connectivity index is 2.10. The van der Waals surface area contributed by atoms with Crippen LogP contribution >= 0.6 is 31.9 Å². The van der Waals surface area contributed by atoms with E-state index in [1.54, 1.807) is 6.07 Å². The van der Waals surface area contributed by atoms with E-state index in [1.165, 1.54) is 5.56 Å². The summed E-state index contributed by atoms with van der Waals surface area (Å²) >= 11 is 6.94. The van der Waals surface area contributed by atoms with Gasteiger partial charge in [-0.2, -0.15) is 0 Å². The molecule has 2 aromatic rings. The van der Waals surface area contributed by atoms with Gasteiger partial charge in [0.25, 0.3) is 0 Å². The molecule has 1 aliphatic heterocycles. The van der Waals surface area contributed by atoms with Gasteiger partial charge in [0.05, 0.1) is 4.47 Å². The molecule has 0 spiro atoms. The Hall–Kier alpha value is -1.000. The van der Waals surface area contributed by atoms with Crippen LogP contribution in [-0.4, -0.2) is 5.11 Å². The number of benzene rings is 2. The topological polar surface area (TPSA) is 29.5 Å². The van der Waals surface area contributed by atoms with Crippen molar-refractivity contribution in [3.63, 3.8) is 0 Å². The second-order valence-electron chi connectivity index (χ2n) is 6.70. The molecule has 1 aliphatic rings. The minimum absolute atomic E-state index is 0.00350. The Morgan fingerprint density at radius 3 is 2.45 bits per heavy atom. The number of rotatable bonds is 1. The highest BCUT2D eigenvalue weighted by molar-refractivity contribution is 9.10. The number of hydrogen-bond donors (Lipinski definition) is 1. The molecule has 1 heterocycles. The molecule has 0 aromatic heterocycles. The molecule has 4 heteroatoms. The van der Waals surface area contributed by atoms with Crippen molar-refractivity contribution in [3.8, 4) is 11.5 Å². The largest absolute Gasteiger partial charge is 0.507 e. The molecule has 3 rings (SSSR count). The Bertz CT molecular complexity index is 740. The van der Waals surface area contributed by atoms with Crippen LogP contribution < -0.4 is 4.74 Å². The van der Waals surface area contributed by atoms with Gasteiger partial charge in [-0.15, -0.1) is 0 Å². The van der Waals surface area contributed by atoms with Crippen LogP contribution in [-0.2, 0) is 11.0 Å². The van der Waals surface area contributed by atoms with Crippen molar-refractivity contribution in [1.82, 2.24) is 0 Å². The zero-order chi connectivity index (χ0) is 16.1. The molecule has 0 radical (unpaired) electrons. The molecule has 0 fully saturated rings. The van der Waals surface area contributed by atoms with Crippen molar-refractivity contribution in [2.24, 2.45) is 0 Å². The SMILES string of the molecule is CC1(C)CC(C)(c2ccc(O)c(Br)c2)Oc2ccc(Br)cc21. The maximum Gasteiger partial charge on any atom is 0.132 e. The first kappa shape index (κ1) is 15.9. The van der Waals surface area contributed by atoms with Gasteiger partial charge in [0.1, 0.15) is 17.1 Å². The third-order valence-corrected chi connectivity index (χ3v) is 5.47. The van der Waals surface area contributed by atoms with E-state index < -0.39 is 5.60 Å². The Morgan fingerprint density at radius 1 is 1.05 bits per heavy atom. The van der Waals surface area contributed by atoms with E-state index in [0.29, 0.717) is 4.47 Å². The van der Waals surface area contributed by atoms with Crippen LogP contribution in [0.3, 0.4) is 0 Å². The van der Waals surface area contributed by atoms with Crippen molar-refractivity contribution in [3.05, 3.63) is 56.5 Å². The molecule has 0 bridgehead atoms. The first-order chi connectivity index (χ1) is 10.2.